The van der Waals surface area contributed by atoms with Crippen molar-refractivity contribution >= 4 is 17.0 Å². The topological polar surface area (TPSA) is 46.9 Å². The first-order valence-corrected chi connectivity index (χ1v) is 6.03. The highest BCUT2D eigenvalue weighted by Crippen LogP contribution is 2.04. The van der Waals surface area contributed by atoms with Gasteiger partial charge in [0.05, 0.1) is 0 Å². The van der Waals surface area contributed by atoms with Crippen molar-refractivity contribution in [1.82, 2.24) is 9.80 Å². The van der Waals surface area contributed by atoms with Crippen LogP contribution in [0.1, 0.15) is 19.3 Å². The van der Waals surface area contributed by atoms with E-state index in [-0.39, 0.29) is 17.0 Å². The lowest BCUT2D eigenvalue weighted by molar-refractivity contribution is 0.212. The Balaban J connectivity index is 0.00000225. The molecule has 0 atom stereocenters. The van der Waals surface area contributed by atoms with Crippen molar-refractivity contribution in [2.24, 2.45) is 0 Å². The van der Waals surface area contributed by atoms with Crippen molar-refractivity contribution in [3.63, 3.8) is 0 Å². The van der Waals surface area contributed by atoms with E-state index in [0.29, 0.717) is 13.2 Å². The van der Waals surface area contributed by atoms with Gasteiger partial charge in [0.1, 0.15) is 0 Å². The van der Waals surface area contributed by atoms with Gasteiger partial charge in [-0.3, -0.25) is 0 Å². The molecule has 1 rings (SSSR count). The lowest BCUT2D eigenvalue weighted by atomic mass is 10.3. The molecule has 2 N–H and O–H groups in total. The van der Waals surface area contributed by atoms with Crippen LogP contribution in [0.15, 0.2) is 0 Å². The van der Waals surface area contributed by atoms with Crippen LogP contribution in [0.3, 0.4) is 0 Å². The molecule has 0 aromatic heterocycles. The lowest BCUT2D eigenvalue weighted by Gasteiger charge is -2.21. The number of rotatable bonds is 6. The van der Waals surface area contributed by atoms with Crippen LogP contribution in [0.5, 0.6) is 0 Å². The first-order chi connectivity index (χ1) is 7.36. The van der Waals surface area contributed by atoms with E-state index in [9.17, 15) is 0 Å². The third kappa shape index (κ3) is 6.81. The zero-order chi connectivity index (χ0) is 10.9. The highest BCUT2D eigenvalue weighted by molar-refractivity contribution is 8.93. The van der Waals surface area contributed by atoms with Crippen molar-refractivity contribution < 1.29 is 10.2 Å². The quantitative estimate of drug-likeness (QED) is 0.742. The molecule has 0 bridgehead atoms. The number of nitrogens with zero attached hydrogens (tertiary/aromatic N) is 2. The molecule has 1 fully saturated rings. The van der Waals surface area contributed by atoms with Crippen molar-refractivity contribution in [2.45, 2.75) is 19.3 Å². The van der Waals surface area contributed by atoms with Gasteiger partial charge in [-0.25, -0.2) is 0 Å². The fourth-order valence-electron chi connectivity index (χ4n) is 2.06. The highest BCUT2D eigenvalue weighted by Gasteiger charge is 2.13. The van der Waals surface area contributed by atoms with E-state index in [2.05, 4.69) is 9.80 Å². The second kappa shape index (κ2) is 10.5. The number of aliphatic hydroxyl groups excluding tert-OH is 2. The Morgan fingerprint density at radius 1 is 0.750 bits per heavy atom. The largest absolute Gasteiger partial charge is 0.396 e. The van der Waals surface area contributed by atoms with Crippen LogP contribution in [0.25, 0.3) is 0 Å². The zero-order valence-corrected chi connectivity index (χ0v) is 11.7. The molecule has 4 nitrogen and oxygen atoms in total. The Labute approximate surface area is 109 Å². The van der Waals surface area contributed by atoms with E-state index in [1.165, 1.54) is 6.42 Å². The fourth-order valence-corrected chi connectivity index (χ4v) is 2.06. The molecule has 0 aromatic rings. The van der Waals surface area contributed by atoms with Gasteiger partial charge >= 0.3 is 0 Å². The normalized spacial score (nSPS) is 19.1. The number of hydrogen-bond donors (Lipinski definition) is 2. The summed E-state index contributed by atoms with van der Waals surface area (Å²) >= 11 is 0. The first-order valence-electron chi connectivity index (χ1n) is 6.03. The fraction of sp³-hybridized carbons (Fsp3) is 1.00. The molecular formula is C11H25BrN2O2. The van der Waals surface area contributed by atoms with Gasteiger partial charge in [0.15, 0.2) is 0 Å². The molecule has 0 aromatic carbocycles. The highest BCUT2D eigenvalue weighted by atomic mass is 79.9. The Morgan fingerprint density at radius 2 is 1.19 bits per heavy atom. The SMILES string of the molecule is Br.OCCCN1CCCN(CCCO)CC1. The van der Waals surface area contributed by atoms with Gasteiger partial charge in [0, 0.05) is 39.4 Å². The van der Waals surface area contributed by atoms with E-state index >= 15 is 0 Å². The summed E-state index contributed by atoms with van der Waals surface area (Å²) in [7, 11) is 0. The maximum atomic E-state index is 8.77. The second-order valence-electron chi connectivity index (χ2n) is 4.19. The van der Waals surface area contributed by atoms with Gasteiger partial charge in [-0.1, -0.05) is 0 Å². The summed E-state index contributed by atoms with van der Waals surface area (Å²) in [5.74, 6) is 0. The van der Waals surface area contributed by atoms with Gasteiger partial charge in [0.25, 0.3) is 0 Å². The van der Waals surface area contributed by atoms with Gasteiger partial charge in [-0.05, 0) is 32.4 Å². The van der Waals surface area contributed by atoms with Gasteiger partial charge < -0.3 is 20.0 Å². The van der Waals surface area contributed by atoms with Crippen molar-refractivity contribution in [1.29, 1.82) is 0 Å². The predicted octanol–water partition coefficient (Wildman–Crippen LogP) is 0.337. The summed E-state index contributed by atoms with van der Waals surface area (Å²) < 4.78 is 0. The lowest BCUT2D eigenvalue weighted by Crippen LogP contribution is -2.32. The van der Waals surface area contributed by atoms with Crippen LogP contribution in [-0.2, 0) is 0 Å². The molecule has 1 aliphatic rings. The summed E-state index contributed by atoms with van der Waals surface area (Å²) in [5.41, 5.74) is 0. The maximum Gasteiger partial charge on any atom is 0.0443 e. The van der Waals surface area contributed by atoms with Crippen molar-refractivity contribution in [3.05, 3.63) is 0 Å². The van der Waals surface area contributed by atoms with E-state index in [1.54, 1.807) is 0 Å². The van der Waals surface area contributed by atoms with Gasteiger partial charge in [-0.15, -0.1) is 17.0 Å². The molecule has 0 saturated carbocycles. The Kier molecular flexibility index (Phi) is 10.7. The Hall–Kier alpha value is 0.320. The molecule has 0 amide bonds. The second-order valence-corrected chi connectivity index (χ2v) is 4.19. The number of halogens is 1. The summed E-state index contributed by atoms with van der Waals surface area (Å²) in [4.78, 5) is 4.85. The molecule has 0 unspecified atom stereocenters. The molecule has 5 heteroatoms. The summed E-state index contributed by atoms with van der Waals surface area (Å²) in [6.07, 6.45) is 2.98. The standard InChI is InChI=1S/C11H24N2O2.BrH/c14-10-2-6-12-4-1-5-13(9-8-12)7-3-11-15;/h14-15H,1-11H2;1H. The van der Waals surface area contributed by atoms with Crippen molar-refractivity contribution in [2.75, 3.05) is 52.5 Å². The minimum atomic E-state index is 0. The molecule has 0 spiro atoms. The third-order valence-electron chi connectivity index (χ3n) is 2.95. The predicted molar refractivity (Wildman–Crippen MR) is 71.2 cm³/mol. The molecule has 1 heterocycles. The van der Waals surface area contributed by atoms with E-state index in [4.69, 9.17) is 10.2 Å². The van der Waals surface area contributed by atoms with Crippen LogP contribution < -0.4 is 0 Å². The Bertz CT molecular complexity index is 145. The Morgan fingerprint density at radius 3 is 1.56 bits per heavy atom. The van der Waals surface area contributed by atoms with Crippen LogP contribution in [0, 0.1) is 0 Å². The smallest absolute Gasteiger partial charge is 0.0443 e. The molecule has 98 valence electrons. The summed E-state index contributed by atoms with van der Waals surface area (Å²) in [6, 6.07) is 0. The van der Waals surface area contributed by atoms with Gasteiger partial charge in [-0.2, -0.15) is 0 Å². The van der Waals surface area contributed by atoms with Crippen LogP contribution >= 0.6 is 17.0 Å². The minimum Gasteiger partial charge on any atom is -0.396 e. The molecule has 1 saturated heterocycles. The molecule has 1 aliphatic heterocycles. The van der Waals surface area contributed by atoms with E-state index in [0.717, 1.165) is 52.1 Å². The number of aliphatic hydroxyl groups is 2. The van der Waals surface area contributed by atoms with Gasteiger partial charge in [0.2, 0.25) is 0 Å². The molecular weight excluding hydrogens is 272 g/mol. The third-order valence-corrected chi connectivity index (χ3v) is 2.95. The van der Waals surface area contributed by atoms with E-state index < -0.39 is 0 Å². The van der Waals surface area contributed by atoms with Crippen LogP contribution in [0.4, 0.5) is 0 Å². The monoisotopic (exact) mass is 296 g/mol. The zero-order valence-electron chi connectivity index (χ0n) is 9.98. The minimum absolute atomic E-state index is 0. The summed E-state index contributed by atoms with van der Waals surface area (Å²) in [6.45, 7) is 7.13. The van der Waals surface area contributed by atoms with Crippen LogP contribution in [-0.4, -0.2) is 72.5 Å². The molecule has 16 heavy (non-hydrogen) atoms. The first kappa shape index (κ1) is 16.3. The van der Waals surface area contributed by atoms with Crippen molar-refractivity contribution in [3.8, 4) is 0 Å². The molecule has 0 radical (unpaired) electrons. The maximum absolute atomic E-state index is 8.77. The number of hydrogen-bond acceptors (Lipinski definition) is 4. The summed E-state index contributed by atoms with van der Waals surface area (Å²) in [5, 5.41) is 17.5. The molecule has 0 aliphatic carbocycles. The average molecular weight is 297 g/mol. The van der Waals surface area contributed by atoms with Crippen LogP contribution in [0.2, 0.25) is 0 Å². The van der Waals surface area contributed by atoms with E-state index in [1.807, 2.05) is 0 Å². The average Bonchev–Trinajstić information content (AvgIpc) is 2.49.